The monoisotopic (exact) mass is 219 g/mol. The van der Waals surface area contributed by atoms with Gasteiger partial charge < -0.3 is 10.4 Å². The fraction of sp³-hybridized carbons (Fsp3) is 0.571. The van der Waals surface area contributed by atoms with E-state index in [0.29, 0.717) is 11.8 Å². The second-order valence-corrected chi connectivity index (χ2v) is 5.13. The topological polar surface area (TPSA) is 32.3 Å². The van der Waals surface area contributed by atoms with Gasteiger partial charge in [0.15, 0.2) is 0 Å². The van der Waals surface area contributed by atoms with E-state index in [-0.39, 0.29) is 0 Å². The van der Waals surface area contributed by atoms with E-state index in [9.17, 15) is 5.11 Å². The maximum absolute atomic E-state index is 9.72. The van der Waals surface area contributed by atoms with Gasteiger partial charge >= 0.3 is 0 Å². The lowest BCUT2D eigenvalue weighted by atomic mass is 10.1. The van der Waals surface area contributed by atoms with E-state index in [4.69, 9.17) is 0 Å². The molecule has 1 saturated carbocycles. The van der Waals surface area contributed by atoms with Crippen molar-refractivity contribution in [2.24, 2.45) is 5.92 Å². The summed E-state index contributed by atoms with van der Waals surface area (Å²) >= 11 is 0. The van der Waals surface area contributed by atoms with Crippen molar-refractivity contribution in [2.75, 3.05) is 0 Å². The molecule has 1 aliphatic carbocycles. The van der Waals surface area contributed by atoms with E-state index in [1.165, 1.54) is 24.8 Å². The Hall–Kier alpha value is -1.02. The maximum Gasteiger partial charge on any atom is 0.120 e. The van der Waals surface area contributed by atoms with Crippen LogP contribution in [0.5, 0.6) is 5.75 Å². The SMILES string of the molecule is Cc1ccc(O)c(CNC2CCC(C)C2)c1. The van der Waals surface area contributed by atoms with Crippen LogP contribution in [-0.2, 0) is 6.54 Å². The smallest absolute Gasteiger partial charge is 0.120 e. The molecule has 88 valence electrons. The number of hydrogen-bond acceptors (Lipinski definition) is 2. The normalized spacial score (nSPS) is 24.9. The van der Waals surface area contributed by atoms with Crippen molar-refractivity contribution in [3.63, 3.8) is 0 Å². The quantitative estimate of drug-likeness (QED) is 0.819. The van der Waals surface area contributed by atoms with Crippen LogP contribution < -0.4 is 5.32 Å². The minimum atomic E-state index is 0.407. The van der Waals surface area contributed by atoms with Crippen LogP contribution in [0.4, 0.5) is 0 Å². The van der Waals surface area contributed by atoms with Gasteiger partial charge in [-0.05, 0) is 38.2 Å². The number of phenolic OH excluding ortho intramolecular Hbond substituents is 1. The molecule has 1 fully saturated rings. The minimum Gasteiger partial charge on any atom is -0.508 e. The van der Waals surface area contributed by atoms with Crippen molar-refractivity contribution < 1.29 is 5.11 Å². The molecule has 0 aromatic heterocycles. The molecule has 1 aromatic rings. The van der Waals surface area contributed by atoms with Gasteiger partial charge in [0.05, 0.1) is 0 Å². The molecule has 2 heteroatoms. The van der Waals surface area contributed by atoms with Crippen molar-refractivity contribution in [2.45, 2.75) is 45.7 Å². The molecular formula is C14H21NO. The van der Waals surface area contributed by atoms with Gasteiger partial charge in [0.1, 0.15) is 5.75 Å². The van der Waals surface area contributed by atoms with Crippen molar-refractivity contribution in [3.8, 4) is 5.75 Å². The Morgan fingerprint density at radius 1 is 1.38 bits per heavy atom. The zero-order chi connectivity index (χ0) is 11.5. The Bertz CT molecular complexity index is 362. The number of phenols is 1. The summed E-state index contributed by atoms with van der Waals surface area (Å²) in [6, 6.07) is 6.41. The van der Waals surface area contributed by atoms with E-state index in [1.807, 2.05) is 6.07 Å². The third-order valence-electron chi connectivity index (χ3n) is 3.51. The zero-order valence-corrected chi connectivity index (χ0v) is 10.2. The highest BCUT2D eigenvalue weighted by Gasteiger charge is 2.20. The molecule has 0 heterocycles. The number of aromatic hydroxyl groups is 1. The molecule has 0 saturated heterocycles. The van der Waals surface area contributed by atoms with Gasteiger partial charge in [-0.3, -0.25) is 0 Å². The Morgan fingerprint density at radius 3 is 2.88 bits per heavy atom. The maximum atomic E-state index is 9.72. The standard InChI is InChI=1S/C14H21NO/c1-10-4-6-14(16)12(7-10)9-15-13-5-3-11(2)8-13/h4,6-7,11,13,15-16H,3,5,8-9H2,1-2H3. The number of aryl methyl sites for hydroxylation is 1. The summed E-state index contributed by atoms with van der Waals surface area (Å²) in [6.07, 6.45) is 3.87. The van der Waals surface area contributed by atoms with Gasteiger partial charge in [-0.1, -0.05) is 24.6 Å². The molecule has 1 aromatic carbocycles. The molecule has 1 aliphatic rings. The summed E-state index contributed by atoms with van der Waals surface area (Å²) in [7, 11) is 0. The minimum absolute atomic E-state index is 0.407. The summed E-state index contributed by atoms with van der Waals surface area (Å²) in [5.74, 6) is 1.26. The molecule has 2 rings (SSSR count). The summed E-state index contributed by atoms with van der Waals surface area (Å²) in [5.41, 5.74) is 2.22. The fourth-order valence-electron chi connectivity index (χ4n) is 2.50. The Morgan fingerprint density at radius 2 is 2.19 bits per heavy atom. The van der Waals surface area contributed by atoms with Crippen LogP contribution in [-0.4, -0.2) is 11.1 Å². The first kappa shape index (κ1) is 11.5. The Kier molecular flexibility index (Phi) is 3.49. The van der Waals surface area contributed by atoms with Crippen LogP contribution in [0.3, 0.4) is 0 Å². The number of nitrogens with one attached hydrogen (secondary N) is 1. The number of benzene rings is 1. The molecular weight excluding hydrogens is 198 g/mol. The van der Waals surface area contributed by atoms with E-state index >= 15 is 0 Å². The van der Waals surface area contributed by atoms with Crippen LogP contribution in [0.1, 0.15) is 37.3 Å². The third kappa shape index (κ3) is 2.76. The predicted molar refractivity (Wildman–Crippen MR) is 66.5 cm³/mol. The molecule has 0 amide bonds. The van der Waals surface area contributed by atoms with E-state index in [1.54, 1.807) is 6.07 Å². The lowest BCUT2D eigenvalue weighted by Gasteiger charge is -2.13. The largest absolute Gasteiger partial charge is 0.508 e. The Balaban J connectivity index is 1.91. The van der Waals surface area contributed by atoms with Gasteiger partial charge in [-0.25, -0.2) is 0 Å². The average Bonchev–Trinajstić information content (AvgIpc) is 2.66. The van der Waals surface area contributed by atoms with Gasteiger partial charge in [-0.15, -0.1) is 0 Å². The summed E-state index contributed by atoms with van der Waals surface area (Å²) < 4.78 is 0. The van der Waals surface area contributed by atoms with E-state index in [0.717, 1.165) is 18.0 Å². The van der Waals surface area contributed by atoms with Gasteiger partial charge in [0.25, 0.3) is 0 Å². The molecule has 0 aliphatic heterocycles. The average molecular weight is 219 g/mol. The molecule has 0 radical (unpaired) electrons. The summed E-state index contributed by atoms with van der Waals surface area (Å²) in [5, 5.41) is 13.3. The fourth-order valence-corrected chi connectivity index (χ4v) is 2.50. The molecule has 2 nitrogen and oxygen atoms in total. The van der Waals surface area contributed by atoms with Gasteiger partial charge in [0, 0.05) is 18.2 Å². The van der Waals surface area contributed by atoms with Crippen molar-refractivity contribution >= 4 is 0 Å². The lowest BCUT2D eigenvalue weighted by Crippen LogP contribution is -2.25. The number of rotatable bonds is 3. The second-order valence-electron chi connectivity index (χ2n) is 5.13. The van der Waals surface area contributed by atoms with Crippen LogP contribution in [0, 0.1) is 12.8 Å². The van der Waals surface area contributed by atoms with Crippen LogP contribution in [0.2, 0.25) is 0 Å². The molecule has 2 unspecified atom stereocenters. The lowest BCUT2D eigenvalue weighted by molar-refractivity contribution is 0.453. The highest BCUT2D eigenvalue weighted by atomic mass is 16.3. The highest BCUT2D eigenvalue weighted by molar-refractivity contribution is 5.35. The summed E-state index contributed by atoms with van der Waals surface area (Å²) in [4.78, 5) is 0. The Labute approximate surface area is 97.7 Å². The van der Waals surface area contributed by atoms with E-state index < -0.39 is 0 Å². The van der Waals surface area contributed by atoms with Crippen molar-refractivity contribution in [3.05, 3.63) is 29.3 Å². The molecule has 2 N–H and O–H groups in total. The van der Waals surface area contributed by atoms with Gasteiger partial charge in [-0.2, -0.15) is 0 Å². The molecule has 0 spiro atoms. The highest BCUT2D eigenvalue weighted by Crippen LogP contribution is 2.25. The van der Waals surface area contributed by atoms with E-state index in [2.05, 4.69) is 25.2 Å². The zero-order valence-electron chi connectivity index (χ0n) is 10.2. The van der Waals surface area contributed by atoms with Gasteiger partial charge in [0.2, 0.25) is 0 Å². The molecule has 0 bridgehead atoms. The third-order valence-corrected chi connectivity index (χ3v) is 3.51. The van der Waals surface area contributed by atoms with Crippen LogP contribution >= 0.6 is 0 Å². The van der Waals surface area contributed by atoms with Crippen molar-refractivity contribution in [1.29, 1.82) is 0 Å². The first-order valence-electron chi connectivity index (χ1n) is 6.17. The first-order valence-corrected chi connectivity index (χ1v) is 6.17. The molecule has 16 heavy (non-hydrogen) atoms. The van der Waals surface area contributed by atoms with Crippen molar-refractivity contribution in [1.82, 2.24) is 5.32 Å². The summed E-state index contributed by atoms with van der Waals surface area (Å²) in [6.45, 7) is 5.15. The predicted octanol–water partition coefficient (Wildman–Crippen LogP) is 2.98. The van der Waals surface area contributed by atoms with Crippen LogP contribution in [0.15, 0.2) is 18.2 Å². The first-order chi connectivity index (χ1) is 7.65. The molecule has 2 atom stereocenters. The number of hydrogen-bond donors (Lipinski definition) is 2. The van der Waals surface area contributed by atoms with Crippen LogP contribution in [0.25, 0.3) is 0 Å². The second kappa shape index (κ2) is 4.88.